The van der Waals surface area contributed by atoms with E-state index in [4.69, 9.17) is 10.5 Å². The van der Waals surface area contributed by atoms with Crippen LogP contribution in [0.15, 0.2) is 30.5 Å². The van der Waals surface area contributed by atoms with Gasteiger partial charge in [-0.25, -0.2) is 0 Å². The number of benzene rings is 1. The van der Waals surface area contributed by atoms with E-state index in [9.17, 15) is 5.11 Å². The molecule has 1 fully saturated rings. The van der Waals surface area contributed by atoms with E-state index >= 15 is 0 Å². The lowest BCUT2D eigenvalue weighted by molar-refractivity contribution is 0.00361. The number of ether oxygens (including phenoxy) is 1. The van der Waals surface area contributed by atoms with Gasteiger partial charge in [0.1, 0.15) is 0 Å². The lowest BCUT2D eigenvalue weighted by Gasteiger charge is -2.34. The third-order valence-electron chi connectivity index (χ3n) is 3.49. The zero-order valence-electron chi connectivity index (χ0n) is 10.6. The van der Waals surface area contributed by atoms with Gasteiger partial charge in [-0.1, -0.05) is 0 Å². The van der Waals surface area contributed by atoms with E-state index in [1.165, 1.54) is 0 Å². The van der Waals surface area contributed by atoms with Crippen LogP contribution in [-0.2, 0) is 4.74 Å². The van der Waals surface area contributed by atoms with Crippen LogP contribution in [0.1, 0.15) is 0 Å². The van der Waals surface area contributed by atoms with Crippen LogP contribution < -0.4 is 10.6 Å². The summed E-state index contributed by atoms with van der Waals surface area (Å²) < 4.78 is 5.46. The second-order valence-electron chi connectivity index (χ2n) is 4.69. The third kappa shape index (κ3) is 2.22. The largest absolute Gasteiger partial charge is 0.396 e. The highest BCUT2D eigenvalue weighted by molar-refractivity contribution is 5.97. The second-order valence-corrected chi connectivity index (χ2v) is 4.69. The first-order valence-electron chi connectivity index (χ1n) is 6.40. The molecule has 0 spiro atoms. The average molecular weight is 259 g/mol. The molecule has 1 aliphatic heterocycles. The number of morpholine rings is 1. The Kier molecular flexibility index (Phi) is 3.23. The molecule has 19 heavy (non-hydrogen) atoms. The molecule has 3 N–H and O–H groups in total. The van der Waals surface area contributed by atoms with Crippen LogP contribution in [0.2, 0.25) is 0 Å². The molecule has 3 rings (SSSR count). The first kappa shape index (κ1) is 12.2. The Balaban J connectivity index is 1.98. The van der Waals surface area contributed by atoms with E-state index in [-0.39, 0.29) is 12.7 Å². The van der Waals surface area contributed by atoms with Crippen molar-refractivity contribution in [2.45, 2.75) is 6.10 Å². The maximum Gasteiger partial charge on any atom is 0.0980 e. The quantitative estimate of drug-likeness (QED) is 0.788. The van der Waals surface area contributed by atoms with Gasteiger partial charge in [-0.2, -0.15) is 0 Å². The fraction of sp³-hybridized carbons (Fsp3) is 0.357. The maximum absolute atomic E-state index is 9.20. The maximum atomic E-state index is 9.20. The number of anilines is 2. The zero-order chi connectivity index (χ0) is 13.2. The van der Waals surface area contributed by atoms with E-state index in [0.29, 0.717) is 13.2 Å². The molecular weight excluding hydrogens is 242 g/mol. The van der Waals surface area contributed by atoms with Gasteiger partial charge in [-0.3, -0.25) is 4.98 Å². The van der Waals surface area contributed by atoms with Crippen molar-refractivity contribution in [3.8, 4) is 0 Å². The standard InChI is InChI=1S/C14H17N3O2/c15-14-11-2-1-5-16-12(11)3-4-13(14)17-6-7-19-10(8-17)9-18/h1-5,10,18H,6-9,15H2. The van der Waals surface area contributed by atoms with Gasteiger partial charge in [0.15, 0.2) is 0 Å². The SMILES string of the molecule is Nc1c(N2CCOC(CO)C2)ccc2ncccc12. The van der Waals surface area contributed by atoms with Gasteiger partial charge in [-0.05, 0) is 24.3 Å². The number of pyridine rings is 1. The van der Waals surface area contributed by atoms with Gasteiger partial charge >= 0.3 is 0 Å². The highest BCUT2D eigenvalue weighted by Crippen LogP contribution is 2.31. The number of nitrogen functional groups attached to an aromatic ring is 1. The summed E-state index contributed by atoms with van der Waals surface area (Å²) in [4.78, 5) is 6.46. The zero-order valence-corrected chi connectivity index (χ0v) is 10.6. The van der Waals surface area contributed by atoms with Gasteiger partial charge < -0.3 is 20.5 Å². The molecule has 1 unspecified atom stereocenters. The van der Waals surface area contributed by atoms with Crippen molar-refractivity contribution in [1.29, 1.82) is 0 Å². The van der Waals surface area contributed by atoms with Crippen molar-refractivity contribution in [2.75, 3.05) is 36.9 Å². The molecule has 2 aromatic rings. The van der Waals surface area contributed by atoms with Gasteiger partial charge in [-0.15, -0.1) is 0 Å². The Hall–Kier alpha value is -1.85. The number of fused-ring (bicyclic) bond motifs is 1. The number of aliphatic hydroxyl groups is 1. The fourth-order valence-corrected chi connectivity index (χ4v) is 2.49. The Morgan fingerprint density at radius 3 is 3.16 bits per heavy atom. The van der Waals surface area contributed by atoms with Gasteiger partial charge in [0.2, 0.25) is 0 Å². The molecule has 5 nitrogen and oxygen atoms in total. The van der Waals surface area contributed by atoms with Crippen LogP contribution in [0.4, 0.5) is 11.4 Å². The predicted molar refractivity (Wildman–Crippen MR) is 75.2 cm³/mol. The Morgan fingerprint density at radius 1 is 1.42 bits per heavy atom. The summed E-state index contributed by atoms with van der Waals surface area (Å²) in [6, 6.07) is 7.83. The summed E-state index contributed by atoms with van der Waals surface area (Å²) in [5, 5.41) is 10.2. The summed E-state index contributed by atoms with van der Waals surface area (Å²) in [5.74, 6) is 0. The summed E-state index contributed by atoms with van der Waals surface area (Å²) in [6.07, 6.45) is 1.62. The van der Waals surface area contributed by atoms with Crippen LogP contribution in [0.3, 0.4) is 0 Å². The Morgan fingerprint density at radius 2 is 2.32 bits per heavy atom. The van der Waals surface area contributed by atoms with Crippen LogP contribution >= 0.6 is 0 Å². The third-order valence-corrected chi connectivity index (χ3v) is 3.49. The molecule has 1 aromatic heterocycles. The first-order chi connectivity index (χ1) is 9.29. The monoisotopic (exact) mass is 259 g/mol. The molecule has 1 aliphatic rings. The van der Waals surface area contributed by atoms with Crippen molar-refractivity contribution < 1.29 is 9.84 Å². The molecule has 0 radical (unpaired) electrons. The molecule has 1 aromatic carbocycles. The molecule has 0 bridgehead atoms. The van der Waals surface area contributed by atoms with E-state index < -0.39 is 0 Å². The minimum atomic E-state index is -0.141. The van der Waals surface area contributed by atoms with Gasteiger partial charge in [0.25, 0.3) is 0 Å². The van der Waals surface area contributed by atoms with Crippen LogP contribution in [0, 0.1) is 0 Å². The molecule has 100 valence electrons. The summed E-state index contributed by atoms with van der Waals surface area (Å²) in [6.45, 7) is 2.08. The Labute approximate surface area is 111 Å². The van der Waals surface area contributed by atoms with Crippen molar-refractivity contribution in [3.05, 3.63) is 30.5 Å². The lowest BCUT2D eigenvalue weighted by atomic mass is 10.1. The second kappa shape index (κ2) is 5.03. The van der Waals surface area contributed by atoms with Gasteiger partial charge in [0.05, 0.1) is 36.2 Å². The topological polar surface area (TPSA) is 71.6 Å². The normalized spacial score (nSPS) is 19.8. The summed E-state index contributed by atoms with van der Waals surface area (Å²) in [5.41, 5.74) is 8.88. The number of rotatable bonds is 2. The fourth-order valence-electron chi connectivity index (χ4n) is 2.49. The molecule has 0 amide bonds. The van der Waals surface area contributed by atoms with E-state index in [0.717, 1.165) is 28.8 Å². The smallest absolute Gasteiger partial charge is 0.0980 e. The van der Waals surface area contributed by atoms with E-state index in [2.05, 4.69) is 9.88 Å². The number of aliphatic hydroxyl groups excluding tert-OH is 1. The number of hydrogen-bond acceptors (Lipinski definition) is 5. The highest BCUT2D eigenvalue weighted by Gasteiger charge is 2.21. The molecule has 2 heterocycles. The minimum Gasteiger partial charge on any atom is -0.396 e. The van der Waals surface area contributed by atoms with Crippen molar-refractivity contribution in [3.63, 3.8) is 0 Å². The summed E-state index contributed by atoms with van der Waals surface area (Å²) in [7, 11) is 0. The van der Waals surface area contributed by atoms with Crippen molar-refractivity contribution in [1.82, 2.24) is 4.98 Å². The molecule has 1 atom stereocenters. The van der Waals surface area contributed by atoms with E-state index in [1.807, 2.05) is 24.3 Å². The highest BCUT2D eigenvalue weighted by atomic mass is 16.5. The van der Waals surface area contributed by atoms with Crippen molar-refractivity contribution in [2.24, 2.45) is 0 Å². The minimum absolute atomic E-state index is 0.0333. The Bertz CT molecular complexity index is 588. The van der Waals surface area contributed by atoms with Gasteiger partial charge in [0, 0.05) is 24.7 Å². The number of nitrogens with two attached hydrogens (primary N) is 1. The summed E-state index contributed by atoms with van der Waals surface area (Å²) >= 11 is 0. The molecule has 0 aliphatic carbocycles. The molecule has 1 saturated heterocycles. The van der Waals surface area contributed by atoms with Crippen molar-refractivity contribution >= 4 is 22.3 Å². The number of aromatic nitrogens is 1. The lowest BCUT2D eigenvalue weighted by Crippen LogP contribution is -2.44. The molecule has 5 heteroatoms. The number of nitrogens with zero attached hydrogens (tertiary/aromatic N) is 2. The number of hydrogen-bond donors (Lipinski definition) is 2. The van der Waals surface area contributed by atoms with Crippen LogP contribution in [-0.4, -0.2) is 42.5 Å². The molecule has 0 saturated carbocycles. The predicted octanol–water partition coefficient (Wildman–Crippen LogP) is 1.01. The van der Waals surface area contributed by atoms with E-state index in [1.54, 1.807) is 6.20 Å². The first-order valence-corrected chi connectivity index (χ1v) is 6.40. The average Bonchev–Trinajstić information content (AvgIpc) is 2.48. The van der Waals surface area contributed by atoms with Crippen LogP contribution in [0.5, 0.6) is 0 Å². The molecular formula is C14H17N3O2. The van der Waals surface area contributed by atoms with Crippen LogP contribution in [0.25, 0.3) is 10.9 Å².